The Hall–Kier alpha value is -3.46. The standard InChI is InChI=1S/C27H28FN3O5/c28-21-13-20-18(15-31(27(20)34)22-2-4-25(32)29-26(22)33)12-19(21)17-5-7-30(8-6-17)14-16-1-3-23-24(11-16)36-10-9-35-23/h1,3,11-13,17,22H,2,4-10,14-15H2,(H,29,32,33). The molecule has 0 spiro atoms. The molecule has 2 aromatic carbocycles. The van der Waals surface area contributed by atoms with Crippen molar-refractivity contribution < 1.29 is 28.2 Å². The molecule has 4 heterocycles. The first kappa shape index (κ1) is 23.0. The van der Waals surface area contributed by atoms with Gasteiger partial charge in [-0.15, -0.1) is 0 Å². The van der Waals surface area contributed by atoms with Crippen LogP contribution in [0.3, 0.4) is 0 Å². The van der Waals surface area contributed by atoms with Gasteiger partial charge in [-0.3, -0.25) is 24.6 Å². The highest BCUT2D eigenvalue weighted by molar-refractivity contribution is 6.05. The Bertz CT molecular complexity index is 1240. The van der Waals surface area contributed by atoms with Crippen molar-refractivity contribution in [1.82, 2.24) is 15.1 Å². The van der Waals surface area contributed by atoms with Crippen LogP contribution >= 0.6 is 0 Å². The zero-order valence-electron chi connectivity index (χ0n) is 19.9. The van der Waals surface area contributed by atoms with Crippen molar-refractivity contribution in [2.75, 3.05) is 26.3 Å². The van der Waals surface area contributed by atoms with Crippen molar-refractivity contribution in [2.24, 2.45) is 0 Å². The number of amides is 3. The minimum atomic E-state index is -0.696. The molecule has 2 aromatic rings. The van der Waals surface area contributed by atoms with E-state index in [2.05, 4.69) is 16.3 Å². The zero-order valence-corrected chi connectivity index (χ0v) is 19.9. The normalized spacial score (nSPS) is 22.5. The lowest BCUT2D eigenvalue weighted by Crippen LogP contribution is -2.52. The van der Waals surface area contributed by atoms with Gasteiger partial charge in [0, 0.05) is 25.1 Å². The maximum Gasteiger partial charge on any atom is 0.255 e. The molecule has 1 unspecified atom stereocenters. The Kier molecular flexibility index (Phi) is 5.87. The predicted octanol–water partition coefficient (Wildman–Crippen LogP) is 2.74. The summed E-state index contributed by atoms with van der Waals surface area (Å²) >= 11 is 0. The number of halogens is 1. The molecule has 2 saturated heterocycles. The van der Waals surface area contributed by atoms with Crippen LogP contribution in [-0.2, 0) is 22.7 Å². The van der Waals surface area contributed by atoms with Crippen molar-refractivity contribution in [2.45, 2.75) is 50.7 Å². The average molecular weight is 494 g/mol. The molecule has 1 atom stereocenters. The number of piperidine rings is 2. The third kappa shape index (κ3) is 4.21. The number of likely N-dealkylation sites (tertiary alicyclic amines) is 1. The lowest BCUT2D eigenvalue weighted by atomic mass is 9.87. The third-order valence-corrected chi connectivity index (χ3v) is 7.68. The second-order valence-electron chi connectivity index (χ2n) is 9.96. The van der Waals surface area contributed by atoms with Crippen LogP contribution in [-0.4, -0.2) is 59.9 Å². The molecule has 0 saturated carbocycles. The number of hydrogen-bond acceptors (Lipinski definition) is 6. The monoisotopic (exact) mass is 493 g/mol. The van der Waals surface area contributed by atoms with Crippen molar-refractivity contribution >= 4 is 17.7 Å². The SMILES string of the molecule is O=C1CCC(N2Cc3cc(C4CCN(Cc5ccc6c(c5)OCCO6)CC4)c(F)cc3C2=O)C(=O)N1. The first-order valence-corrected chi connectivity index (χ1v) is 12.5. The summed E-state index contributed by atoms with van der Waals surface area (Å²) in [6, 6.07) is 8.50. The molecule has 0 bridgehead atoms. The van der Waals surface area contributed by atoms with Gasteiger partial charge in [-0.1, -0.05) is 12.1 Å². The van der Waals surface area contributed by atoms with Gasteiger partial charge in [0.15, 0.2) is 11.5 Å². The molecule has 36 heavy (non-hydrogen) atoms. The maximum absolute atomic E-state index is 15.2. The second kappa shape index (κ2) is 9.20. The fourth-order valence-electron chi connectivity index (χ4n) is 5.77. The summed E-state index contributed by atoms with van der Waals surface area (Å²) in [5, 5.41) is 2.30. The smallest absolute Gasteiger partial charge is 0.255 e. The van der Waals surface area contributed by atoms with Gasteiger partial charge in [-0.25, -0.2) is 4.39 Å². The van der Waals surface area contributed by atoms with E-state index in [0.717, 1.165) is 55.1 Å². The summed E-state index contributed by atoms with van der Waals surface area (Å²) in [5.74, 6) is 0.149. The number of rotatable bonds is 4. The number of nitrogens with one attached hydrogen (secondary N) is 1. The van der Waals surface area contributed by atoms with Crippen LogP contribution in [0.15, 0.2) is 30.3 Å². The number of carbonyl (C=O) groups is 3. The number of hydrogen-bond donors (Lipinski definition) is 1. The molecule has 9 heteroatoms. The van der Waals surface area contributed by atoms with E-state index in [0.29, 0.717) is 30.8 Å². The Balaban J connectivity index is 1.11. The van der Waals surface area contributed by atoms with Crippen molar-refractivity contribution in [3.8, 4) is 11.5 Å². The summed E-state index contributed by atoms with van der Waals surface area (Å²) in [5.41, 5.74) is 2.87. The maximum atomic E-state index is 15.2. The largest absolute Gasteiger partial charge is 0.486 e. The van der Waals surface area contributed by atoms with E-state index in [1.807, 2.05) is 18.2 Å². The van der Waals surface area contributed by atoms with Gasteiger partial charge in [0.25, 0.3) is 5.91 Å². The quantitative estimate of drug-likeness (QED) is 0.659. The van der Waals surface area contributed by atoms with E-state index in [1.165, 1.54) is 11.0 Å². The van der Waals surface area contributed by atoms with Gasteiger partial charge in [0.05, 0.1) is 0 Å². The summed E-state index contributed by atoms with van der Waals surface area (Å²) in [4.78, 5) is 40.5. The molecule has 4 aliphatic heterocycles. The molecular formula is C27H28FN3O5. The van der Waals surface area contributed by atoms with Gasteiger partial charge in [-0.05, 0) is 73.2 Å². The molecular weight excluding hydrogens is 465 g/mol. The number of carbonyl (C=O) groups excluding carboxylic acids is 3. The van der Waals surface area contributed by atoms with E-state index >= 15 is 4.39 Å². The summed E-state index contributed by atoms with van der Waals surface area (Å²) in [6.45, 7) is 3.88. The first-order valence-electron chi connectivity index (χ1n) is 12.5. The van der Waals surface area contributed by atoms with Crippen LogP contribution in [0.25, 0.3) is 0 Å². The lowest BCUT2D eigenvalue weighted by molar-refractivity contribution is -0.136. The Morgan fingerprint density at radius 2 is 1.75 bits per heavy atom. The fourth-order valence-corrected chi connectivity index (χ4v) is 5.77. The molecule has 0 radical (unpaired) electrons. The Labute approximate surface area is 208 Å². The van der Waals surface area contributed by atoms with E-state index in [4.69, 9.17) is 9.47 Å². The van der Waals surface area contributed by atoms with Gasteiger partial charge >= 0.3 is 0 Å². The molecule has 4 aliphatic rings. The summed E-state index contributed by atoms with van der Waals surface area (Å²) in [6.07, 6.45) is 2.14. The van der Waals surface area contributed by atoms with Gasteiger partial charge in [0.2, 0.25) is 11.8 Å². The number of benzene rings is 2. The van der Waals surface area contributed by atoms with E-state index in [9.17, 15) is 14.4 Å². The van der Waals surface area contributed by atoms with Gasteiger partial charge in [-0.2, -0.15) is 0 Å². The van der Waals surface area contributed by atoms with Crippen LogP contribution in [0, 0.1) is 5.82 Å². The lowest BCUT2D eigenvalue weighted by Gasteiger charge is -2.32. The summed E-state index contributed by atoms with van der Waals surface area (Å²) < 4.78 is 26.5. The van der Waals surface area contributed by atoms with Gasteiger partial charge < -0.3 is 14.4 Å². The van der Waals surface area contributed by atoms with Crippen molar-refractivity contribution in [1.29, 1.82) is 0 Å². The summed E-state index contributed by atoms with van der Waals surface area (Å²) in [7, 11) is 0. The minimum absolute atomic E-state index is 0.0755. The molecule has 8 nitrogen and oxygen atoms in total. The van der Waals surface area contributed by atoms with Crippen molar-refractivity contribution in [3.63, 3.8) is 0 Å². The second-order valence-corrected chi connectivity index (χ2v) is 9.96. The zero-order chi connectivity index (χ0) is 24.8. The minimum Gasteiger partial charge on any atom is -0.486 e. The predicted molar refractivity (Wildman–Crippen MR) is 127 cm³/mol. The van der Waals surface area contributed by atoms with Crippen LogP contribution in [0.1, 0.15) is 58.6 Å². The number of ether oxygens (including phenoxy) is 2. The molecule has 1 N–H and O–H groups in total. The Morgan fingerprint density at radius 3 is 2.53 bits per heavy atom. The number of nitrogens with zero attached hydrogens (tertiary/aromatic N) is 2. The highest BCUT2D eigenvalue weighted by atomic mass is 19.1. The number of imide groups is 1. The Morgan fingerprint density at radius 1 is 0.972 bits per heavy atom. The molecule has 3 amide bonds. The number of fused-ring (bicyclic) bond motifs is 2. The van der Waals surface area contributed by atoms with E-state index in [1.54, 1.807) is 0 Å². The molecule has 188 valence electrons. The fraction of sp³-hybridized carbons (Fsp3) is 0.444. The van der Waals surface area contributed by atoms with Crippen LogP contribution in [0.5, 0.6) is 11.5 Å². The van der Waals surface area contributed by atoms with Crippen molar-refractivity contribution in [3.05, 3.63) is 58.4 Å². The third-order valence-electron chi connectivity index (χ3n) is 7.68. The molecule has 2 fully saturated rings. The first-order chi connectivity index (χ1) is 17.5. The van der Waals surface area contributed by atoms with Crippen LogP contribution < -0.4 is 14.8 Å². The molecule has 0 aromatic heterocycles. The van der Waals surface area contributed by atoms with E-state index < -0.39 is 11.9 Å². The van der Waals surface area contributed by atoms with Crippen LogP contribution in [0.4, 0.5) is 4.39 Å². The van der Waals surface area contributed by atoms with Crippen LogP contribution in [0.2, 0.25) is 0 Å². The van der Waals surface area contributed by atoms with Gasteiger partial charge in [0.1, 0.15) is 25.1 Å². The molecule has 0 aliphatic carbocycles. The highest BCUT2D eigenvalue weighted by Crippen LogP contribution is 2.36. The topological polar surface area (TPSA) is 88.2 Å². The average Bonchev–Trinajstić information content (AvgIpc) is 3.19. The highest BCUT2D eigenvalue weighted by Gasteiger charge is 2.40. The van der Waals surface area contributed by atoms with E-state index in [-0.39, 0.29) is 36.5 Å². The molecule has 6 rings (SSSR count).